The number of esters is 1. The number of hydrogen-bond donors (Lipinski definition) is 0. The molecule has 22 heavy (non-hydrogen) atoms. The maximum absolute atomic E-state index is 12.6. The van der Waals surface area contributed by atoms with Crippen LogP contribution in [0.3, 0.4) is 0 Å². The van der Waals surface area contributed by atoms with Crippen LogP contribution in [0.1, 0.15) is 19.4 Å². The van der Waals surface area contributed by atoms with Gasteiger partial charge in [-0.05, 0) is 37.6 Å². The summed E-state index contributed by atoms with van der Waals surface area (Å²) in [7, 11) is -2.12. The number of benzene rings is 1. The Hall–Kier alpha value is -1.13. The molecule has 1 rings (SSSR count). The van der Waals surface area contributed by atoms with Crippen LogP contribution in [0.2, 0.25) is 5.02 Å². The Labute approximate surface area is 135 Å². The van der Waals surface area contributed by atoms with Gasteiger partial charge in [0.15, 0.2) is 0 Å². The molecule has 1 aromatic rings. The van der Waals surface area contributed by atoms with Crippen molar-refractivity contribution in [2.45, 2.75) is 13.8 Å². The van der Waals surface area contributed by atoms with Crippen LogP contribution in [0.15, 0.2) is 29.8 Å². The molecule has 0 aliphatic rings. The standard InChI is InChI=1S/C15H20ClO5P/c1-4-20-22(18,21-5-2)11-13(15(17)19-3)10-12-6-8-14(16)9-7-12/h6-10H,4-5,11H2,1-3H3/b13-10+. The van der Waals surface area contributed by atoms with Crippen molar-refractivity contribution in [3.8, 4) is 0 Å². The van der Waals surface area contributed by atoms with Gasteiger partial charge < -0.3 is 13.8 Å². The first-order chi connectivity index (χ1) is 10.4. The third-order valence-electron chi connectivity index (χ3n) is 2.67. The van der Waals surface area contributed by atoms with E-state index >= 15 is 0 Å². The molecule has 0 aromatic heterocycles. The minimum atomic E-state index is -3.38. The summed E-state index contributed by atoms with van der Waals surface area (Å²) in [6, 6.07) is 6.90. The van der Waals surface area contributed by atoms with Gasteiger partial charge in [-0.1, -0.05) is 23.7 Å². The minimum Gasteiger partial charge on any atom is -0.466 e. The monoisotopic (exact) mass is 346 g/mol. The van der Waals surface area contributed by atoms with Gasteiger partial charge in [-0.2, -0.15) is 0 Å². The van der Waals surface area contributed by atoms with Crippen molar-refractivity contribution in [3.63, 3.8) is 0 Å². The van der Waals surface area contributed by atoms with Crippen molar-refractivity contribution in [2.75, 3.05) is 26.5 Å². The first-order valence-electron chi connectivity index (χ1n) is 6.86. The Morgan fingerprint density at radius 1 is 1.18 bits per heavy atom. The van der Waals surface area contributed by atoms with Crippen molar-refractivity contribution >= 4 is 31.2 Å². The fraction of sp³-hybridized carbons (Fsp3) is 0.400. The third-order valence-corrected chi connectivity index (χ3v) is 4.96. The quantitative estimate of drug-likeness (QED) is 0.402. The molecule has 0 spiro atoms. The van der Waals surface area contributed by atoms with E-state index in [0.29, 0.717) is 5.02 Å². The Kier molecular flexibility index (Phi) is 7.83. The maximum Gasteiger partial charge on any atom is 0.335 e. The minimum absolute atomic E-state index is 0.149. The Balaban J connectivity index is 3.09. The summed E-state index contributed by atoms with van der Waals surface area (Å²) >= 11 is 5.83. The molecule has 0 heterocycles. The van der Waals surface area contributed by atoms with Gasteiger partial charge in [0, 0.05) is 10.6 Å². The summed E-state index contributed by atoms with van der Waals surface area (Å²) in [5.74, 6) is -0.574. The van der Waals surface area contributed by atoms with Crippen LogP contribution in [0.25, 0.3) is 6.08 Å². The fourth-order valence-corrected chi connectivity index (χ4v) is 3.60. The van der Waals surface area contributed by atoms with Crippen LogP contribution in [-0.2, 0) is 23.1 Å². The van der Waals surface area contributed by atoms with Crippen LogP contribution >= 0.6 is 19.2 Å². The molecule has 0 saturated heterocycles. The normalized spacial score (nSPS) is 12.3. The number of hydrogen-bond acceptors (Lipinski definition) is 5. The number of carbonyl (C=O) groups is 1. The number of carbonyl (C=O) groups excluding carboxylic acids is 1. The molecule has 0 aliphatic carbocycles. The van der Waals surface area contributed by atoms with E-state index in [2.05, 4.69) is 0 Å². The van der Waals surface area contributed by atoms with Crippen molar-refractivity contribution in [2.24, 2.45) is 0 Å². The van der Waals surface area contributed by atoms with Gasteiger partial charge in [-0.25, -0.2) is 4.79 Å². The third kappa shape index (κ3) is 5.93. The lowest BCUT2D eigenvalue weighted by atomic mass is 10.1. The lowest BCUT2D eigenvalue weighted by Gasteiger charge is -2.17. The molecule has 0 N–H and O–H groups in total. The number of rotatable bonds is 8. The van der Waals surface area contributed by atoms with Crippen molar-refractivity contribution < 1.29 is 23.1 Å². The predicted octanol–water partition coefficient (Wildman–Crippen LogP) is 4.16. The van der Waals surface area contributed by atoms with Crippen LogP contribution in [-0.4, -0.2) is 32.5 Å². The summed E-state index contributed by atoms with van der Waals surface area (Å²) in [4.78, 5) is 11.9. The summed E-state index contributed by atoms with van der Waals surface area (Å²) in [6.45, 7) is 3.89. The van der Waals surface area contributed by atoms with Crippen LogP contribution < -0.4 is 0 Å². The molecule has 0 radical (unpaired) electrons. The number of ether oxygens (including phenoxy) is 1. The topological polar surface area (TPSA) is 61.8 Å². The average molecular weight is 347 g/mol. The number of methoxy groups -OCH3 is 1. The lowest BCUT2D eigenvalue weighted by Crippen LogP contribution is -2.11. The number of halogens is 1. The van der Waals surface area contributed by atoms with Gasteiger partial charge in [0.25, 0.3) is 0 Å². The first-order valence-corrected chi connectivity index (χ1v) is 8.97. The van der Waals surface area contributed by atoms with Crippen molar-refractivity contribution in [1.29, 1.82) is 0 Å². The average Bonchev–Trinajstić information content (AvgIpc) is 2.48. The molecule has 0 fully saturated rings. The van der Waals surface area contributed by atoms with Gasteiger partial charge >= 0.3 is 13.6 Å². The summed E-state index contributed by atoms with van der Waals surface area (Å²) in [5.41, 5.74) is 0.958. The van der Waals surface area contributed by atoms with Gasteiger partial charge in [-0.15, -0.1) is 0 Å². The van der Waals surface area contributed by atoms with E-state index < -0.39 is 13.6 Å². The van der Waals surface area contributed by atoms with Crippen molar-refractivity contribution in [1.82, 2.24) is 0 Å². The largest absolute Gasteiger partial charge is 0.466 e. The second-order valence-electron chi connectivity index (χ2n) is 4.32. The molecule has 0 atom stereocenters. The van der Waals surface area contributed by atoms with E-state index in [1.807, 2.05) is 0 Å². The Morgan fingerprint density at radius 2 is 1.73 bits per heavy atom. The van der Waals surface area contributed by atoms with Gasteiger partial charge in [0.1, 0.15) is 0 Å². The van der Waals surface area contributed by atoms with E-state index in [1.54, 1.807) is 44.2 Å². The van der Waals surface area contributed by atoms with E-state index in [-0.39, 0.29) is 24.9 Å². The predicted molar refractivity (Wildman–Crippen MR) is 87.2 cm³/mol. The van der Waals surface area contributed by atoms with Gasteiger partial charge in [0.05, 0.1) is 26.5 Å². The molecule has 0 unspecified atom stereocenters. The van der Waals surface area contributed by atoms with E-state index in [0.717, 1.165) is 5.56 Å². The molecular formula is C15H20ClO5P. The fourth-order valence-electron chi connectivity index (χ4n) is 1.79. The van der Waals surface area contributed by atoms with Crippen molar-refractivity contribution in [3.05, 3.63) is 40.4 Å². The van der Waals surface area contributed by atoms with Crippen LogP contribution in [0.5, 0.6) is 0 Å². The SMILES string of the molecule is CCOP(=O)(C/C(=C\c1ccc(Cl)cc1)C(=O)OC)OCC. The molecule has 0 aliphatic heterocycles. The highest BCUT2D eigenvalue weighted by Crippen LogP contribution is 2.49. The summed E-state index contributed by atoms with van der Waals surface area (Å²) in [5, 5.41) is 0.589. The molecule has 7 heteroatoms. The van der Waals surface area contributed by atoms with E-state index in [4.69, 9.17) is 25.4 Å². The zero-order chi connectivity index (χ0) is 16.6. The van der Waals surface area contributed by atoms with Gasteiger partial charge in [0.2, 0.25) is 0 Å². The molecule has 0 amide bonds. The first kappa shape index (κ1) is 18.9. The van der Waals surface area contributed by atoms with Crippen LogP contribution in [0.4, 0.5) is 0 Å². The summed E-state index contributed by atoms with van der Waals surface area (Å²) < 4.78 is 27.8. The Bertz CT molecular complexity index is 558. The zero-order valence-electron chi connectivity index (χ0n) is 12.9. The molecule has 1 aromatic carbocycles. The Morgan fingerprint density at radius 3 is 2.18 bits per heavy atom. The van der Waals surface area contributed by atoms with E-state index in [1.165, 1.54) is 7.11 Å². The molecule has 5 nitrogen and oxygen atoms in total. The lowest BCUT2D eigenvalue weighted by molar-refractivity contribution is -0.135. The molecule has 122 valence electrons. The van der Waals surface area contributed by atoms with Gasteiger partial charge in [-0.3, -0.25) is 4.57 Å². The van der Waals surface area contributed by atoms with E-state index in [9.17, 15) is 9.36 Å². The summed E-state index contributed by atoms with van der Waals surface area (Å²) in [6.07, 6.45) is 1.44. The molecule has 0 bridgehead atoms. The molecule has 0 saturated carbocycles. The second-order valence-corrected chi connectivity index (χ2v) is 6.81. The highest BCUT2D eigenvalue weighted by atomic mass is 35.5. The molecular weight excluding hydrogens is 327 g/mol. The second kappa shape index (κ2) is 9.11. The highest BCUT2D eigenvalue weighted by molar-refractivity contribution is 7.54. The zero-order valence-corrected chi connectivity index (χ0v) is 14.5. The highest BCUT2D eigenvalue weighted by Gasteiger charge is 2.28. The smallest absolute Gasteiger partial charge is 0.335 e. The maximum atomic E-state index is 12.6. The van der Waals surface area contributed by atoms with Crippen LogP contribution in [0, 0.1) is 0 Å².